The molecule has 1 aliphatic heterocycles. The van der Waals surface area contributed by atoms with E-state index in [0.29, 0.717) is 5.56 Å². The fourth-order valence-corrected chi connectivity index (χ4v) is 3.14. The molecule has 1 saturated heterocycles. The normalized spacial score (nSPS) is 17.8. The summed E-state index contributed by atoms with van der Waals surface area (Å²) in [5, 5.41) is 9.48. The van der Waals surface area contributed by atoms with E-state index in [1.54, 1.807) is 0 Å². The average molecular weight is 307 g/mol. The maximum absolute atomic E-state index is 9.48. The third-order valence-corrected chi connectivity index (χ3v) is 4.36. The van der Waals surface area contributed by atoms with E-state index in [1.807, 2.05) is 37.3 Å². The number of anilines is 2. The number of nitrogens with zero attached hydrogens (tertiary/aromatic N) is 3. The Balaban J connectivity index is 2.11. The standard InChI is InChI=1S/C18H21N5/c1-12-5-2-3-7-14(12)16-9-17(15(10-19)18(21)22-16)23-8-4-6-13(20)11-23/h2-3,5,7,9,13H,4,6,8,11,20H2,1H3,(H2,21,22). The SMILES string of the molecule is Cc1ccccc1-c1cc(N2CCCC(N)C2)c(C#N)c(N)n1. The predicted octanol–water partition coefficient (Wildman–Crippen LogP) is 2.44. The highest BCUT2D eigenvalue weighted by atomic mass is 15.2. The zero-order chi connectivity index (χ0) is 16.4. The Kier molecular flexibility index (Phi) is 4.18. The highest BCUT2D eigenvalue weighted by molar-refractivity contribution is 5.76. The highest BCUT2D eigenvalue weighted by Gasteiger charge is 2.22. The van der Waals surface area contributed by atoms with Crippen LogP contribution in [0.15, 0.2) is 30.3 Å². The number of nitrogen functional groups attached to an aromatic ring is 1. The van der Waals surface area contributed by atoms with Gasteiger partial charge in [0.15, 0.2) is 0 Å². The number of nitriles is 1. The summed E-state index contributed by atoms with van der Waals surface area (Å²) in [6.45, 7) is 3.67. The molecule has 1 unspecified atom stereocenters. The third-order valence-electron chi connectivity index (χ3n) is 4.36. The minimum atomic E-state index is 0.131. The van der Waals surface area contributed by atoms with E-state index in [2.05, 4.69) is 16.0 Å². The van der Waals surface area contributed by atoms with Crippen molar-refractivity contribution >= 4 is 11.5 Å². The van der Waals surface area contributed by atoms with Crippen LogP contribution >= 0.6 is 0 Å². The van der Waals surface area contributed by atoms with Gasteiger partial charge in [0.2, 0.25) is 0 Å². The summed E-state index contributed by atoms with van der Waals surface area (Å²) in [7, 11) is 0. The molecule has 0 radical (unpaired) electrons. The molecule has 23 heavy (non-hydrogen) atoms. The number of rotatable bonds is 2. The second kappa shape index (κ2) is 6.27. The van der Waals surface area contributed by atoms with Crippen LogP contribution in [0.25, 0.3) is 11.3 Å². The number of pyridine rings is 1. The Morgan fingerprint density at radius 2 is 2.13 bits per heavy atom. The molecule has 5 nitrogen and oxygen atoms in total. The molecule has 1 aliphatic rings. The van der Waals surface area contributed by atoms with Gasteiger partial charge in [0.25, 0.3) is 0 Å². The average Bonchev–Trinajstić information content (AvgIpc) is 2.54. The molecule has 2 aromatic rings. The maximum atomic E-state index is 9.48. The Labute approximate surface area is 136 Å². The van der Waals surface area contributed by atoms with Crippen LogP contribution in [0, 0.1) is 18.3 Å². The van der Waals surface area contributed by atoms with Crippen LogP contribution in [0.3, 0.4) is 0 Å². The van der Waals surface area contributed by atoms with Crippen molar-refractivity contribution < 1.29 is 0 Å². The van der Waals surface area contributed by atoms with E-state index < -0.39 is 0 Å². The van der Waals surface area contributed by atoms with Gasteiger partial charge in [-0.05, 0) is 31.4 Å². The molecule has 0 saturated carbocycles. The first-order valence-electron chi connectivity index (χ1n) is 7.87. The quantitative estimate of drug-likeness (QED) is 0.889. The van der Waals surface area contributed by atoms with Gasteiger partial charge in [-0.1, -0.05) is 24.3 Å². The van der Waals surface area contributed by atoms with Gasteiger partial charge in [-0.2, -0.15) is 5.26 Å². The van der Waals surface area contributed by atoms with Gasteiger partial charge in [-0.25, -0.2) is 4.98 Å². The molecule has 1 aromatic carbocycles. The zero-order valence-electron chi connectivity index (χ0n) is 13.3. The topological polar surface area (TPSA) is 92.0 Å². The lowest BCUT2D eigenvalue weighted by Crippen LogP contribution is -2.43. The Hall–Kier alpha value is -2.58. The van der Waals surface area contributed by atoms with Crippen molar-refractivity contribution in [3.05, 3.63) is 41.5 Å². The zero-order valence-corrected chi connectivity index (χ0v) is 13.3. The Bertz CT molecular complexity index is 762. The van der Waals surface area contributed by atoms with Crippen LogP contribution in [-0.4, -0.2) is 24.1 Å². The number of piperidine rings is 1. The van der Waals surface area contributed by atoms with Gasteiger partial charge < -0.3 is 16.4 Å². The first-order chi connectivity index (χ1) is 11.1. The van der Waals surface area contributed by atoms with Crippen molar-refractivity contribution in [2.45, 2.75) is 25.8 Å². The highest BCUT2D eigenvalue weighted by Crippen LogP contribution is 2.32. The molecule has 4 N–H and O–H groups in total. The Morgan fingerprint density at radius 1 is 1.35 bits per heavy atom. The van der Waals surface area contributed by atoms with Gasteiger partial charge >= 0.3 is 0 Å². The number of benzene rings is 1. The van der Waals surface area contributed by atoms with Crippen molar-refractivity contribution in [1.82, 2.24) is 4.98 Å². The fraction of sp³-hybridized carbons (Fsp3) is 0.333. The van der Waals surface area contributed by atoms with Crippen LogP contribution in [0.2, 0.25) is 0 Å². The summed E-state index contributed by atoms with van der Waals surface area (Å²) in [5.41, 5.74) is 16.4. The number of aryl methyl sites for hydroxylation is 1. The summed E-state index contributed by atoms with van der Waals surface area (Å²) in [6, 6.07) is 12.3. The lowest BCUT2D eigenvalue weighted by atomic mass is 10.0. The molecule has 5 heteroatoms. The molecular formula is C18H21N5. The second-order valence-corrected chi connectivity index (χ2v) is 6.06. The van der Waals surface area contributed by atoms with Gasteiger partial charge in [-0.3, -0.25) is 0 Å². The van der Waals surface area contributed by atoms with Gasteiger partial charge in [-0.15, -0.1) is 0 Å². The van der Waals surface area contributed by atoms with E-state index in [1.165, 1.54) is 0 Å². The van der Waals surface area contributed by atoms with Gasteiger partial charge in [0, 0.05) is 24.7 Å². The molecule has 0 aliphatic carbocycles. The lowest BCUT2D eigenvalue weighted by molar-refractivity contribution is 0.506. The molecule has 0 amide bonds. The van der Waals surface area contributed by atoms with E-state index >= 15 is 0 Å². The van der Waals surface area contributed by atoms with Crippen LogP contribution in [0.1, 0.15) is 24.0 Å². The van der Waals surface area contributed by atoms with Crippen molar-refractivity contribution in [3.63, 3.8) is 0 Å². The monoisotopic (exact) mass is 307 g/mol. The van der Waals surface area contributed by atoms with E-state index in [0.717, 1.165) is 48.4 Å². The van der Waals surface area contributed by atoms with Crippen molar-refractivity contribution in [1.29, 1.82) is 5.26 Å². The van der Waals surface area contributed by atoms with Crippen molar-refractivity contribution in [2.24, 2.45) is 5.73 Å². The van der Waals surface area contributed by atoms with Crippen molar-refractivity contribution in [3.8, 4) is 17.3 Å². The van der Waals surface area contributed by atoms with Gasteiger partial charge in [0.05, 0.1) is 11.4 Å². The summed E-state index contributed by atoms with van der Waals surface area (Å²) in [4.78, 5) is 6.61. The molecule has 2 heterocycles. The van der Waals surface area contributed by atoms with E-state index in [9.17, 15) is 5.26 Å². The summed E-state index contributed by atoms with van der Waals surface area (Å²) >= 11 is 0. The largest absolute Gasteiger partial charge is 0.383 e. The summed E-state index contributed by atoms with van der Waals surface area (Å²) in [5.74, 6) is 0.280. The third kappa shape index (κ3) is 2.99. The minimum Gasteiger partial charge on any atom is -0.383 e. The first-order valence-corrected chi connectivity index (χ1v) is 7.87. The van der Waals surface area contributed by atoms with Crippen LogP contribution in [0.4, 0.5) is 11.5 Å². The number of hydrogen-bond acceptors (Lipinski definition) is 5. The van der Waals surface area contributed by atoms with E-state index in [4.69, 9.17) is 11.5 Å². The Morgan fingerprint density at radius 3 is 2.83 bits per heavy atom. The second-order valence-electron chi connectivity index (χ2n) is 6.06. The minimum absolute atomic E-state index is 0.131. The first kappa shape index (κ1) is 15.3. The number of aromatic nitrogens is 1. The molecule has 1 atom stereocenters. The van der Waals surface area contributed by atoms with Gasteiger partial charge in [0.1, 0.15) is 17.5 Å². The van der Waals surface area contributed by atoms with Crippen molar-refractivity contribution in [2.75, 3.05) is 23.7 Å². The smallest absolute Gasteiger partial charge is 0.144 e. The van der Waals surface area contributed by atoms with Crippen LogP contribution in [-0.2, 0) is 0 Å². The molecular weight excluding hydrogens is 286 g/mol. The fourth-order valence-electron chi connectivity index (χ4n) is 3.14. The molecule has 0 bridgehead atoms. The molecule has 118 valence electrons. The molecule has 0 spiro atoms. The summed E-state index contributed by atoms with van der Waals surface area (Å²) in [6.07, 6.45) is 2.04. The summed E-state index contributed by atoms with van der Waals surface area (Å²) < 4.78 is 0. The molecule has 1 aromatic heterocycles. The maximum Gasteiger partial charge on any atom is 0.144 e. The molecule has 1 fully saturated rings. The number of nitrogens with two attached hydrogens (primary N) is 2. The van der Waals surface area contributed by atoms with Crippen LogP contribution < -0.4 is 16.4 Å². The molecule has 3 rings (SSSR count). The predicted molar refractivity (Wildman–Crippen MR) is 93.0 cm³/mol. The number of hydrogen-bond donors (Lipinski definition) is 2. The van der Waals surface area contributed by atoms with E-state index in [-0.39, 0.29) is 11.9 Å². The lowest BCUT2D eigenvalue weighted by Gasteiger charge is -2.33. The van der Waals surface area contributed by atoms with Crippen LogP contribution in [0.5, 0.6) is 0 Å².